The van der Waals surface area contributed by atoms with Gasteiger partial charge in [-0.3, -0.25) is 9.48 Å². The van der Waals surface area contributed by atoms with E-state index in [2.05, 4.69) is 10.4 Å². The number of nitrogens with zero attached hydrogens (tertiary/aromatic N) is 2. The second kappa shape index (κ2) is 4.72. The Balaban J connectivity index is 2.61. The van der Waals surface area contributed by atoms with Crippen molar-refractivity contribution in [2.24, 2.45) is 5.92 Å². The van der Waals surface area contributed by atoms with Gasteiger partial charge in [-0.25, -0.2) is 0 Å². The van der Waals surface area contributed by atoms with Gasteiger partial charge in [-0.2, -0.15) is 27.1 Å². The molecule has 0 unspecified atom stereocenters. The molecular weight excluding hydrogens is 297 g/mol. The van der Waals surface area contributed by atoms with E-state index < -0.39 is 53.8 Å². The van der Waals surface area contributed by atoms with Gasteiger partial charge < -0.3 is 5.32 Å². The SMILES string of the molecule is C#C[C@@H]1Cc2c(C(F)(F)F)nn(CC(=O)NC)c2C1(F)F. The van der Waals surface area contributed by atoms with Gasteiger partial charge >= 0.3 is 12.1 Å². The summed E-state index contributed by atoms with van der Waals surface area (Å²) in [5.74, 6) is -4.28. The van der Waals surface area contributed by atoms with Crippen LogP contribution in [0.15, 0.2) is 0 Å². The van der Waals surface area contributed by atoms with Crippen molar-refractivity contribution in [3.63, 3.8) is 0 Å². The average Bonchev–Trinajstić information content (AvgIpc) is 2.85. The molecule has 4 nitrogen and oxygen atoms in total. The number of hydrogen-bond donors (Lipinski definition) is 1. The fraction of sp³-hybridized carbons (Fsp3) is 0.500. The smallest absolute Gasteiger partial charge is 0.358 e. The molecule has 1 aliphatic carbocycles. The van der Waals surface area contributed by atoms with E-state index in [4.69, 9.17) is 6.42 Å². The summed E-state index contributed by atoms with van der Waals surface area (Å²) in [6.45, 7) is -0.734. The normalized spacial score (nSPS) is 20.0. The molecular formula is C12H10F5N3O. The van der Waals surface area contributed by atoms with Gasteiger partial charge in [0.15, 0.2) is 5.69 Å². The second-order valence-electron chi connectivity index (χ2n) is 4.55. The zero-order chi connectivity index (χ0) is 16.0. The number of halogens is 5. The molecule has 0 radical (unpaired) electrons. The van der Waals surface area contributed by atoms with Crippen LogP contribution in [-0.2, 0) is 29.9 Å². The van der Waals surface area contributed by atoms with Crippen molar-refractivity contribution in [1.82, 2.24) is 15.1 Å². The van der Waals surface area contributed by atoms with Gasteiger partial charge in [0.05, 0.1) is 5.92 Å². The first-order valence-corrected chi connectivity index (χ1v) is 5.84. The van der Waals surface area contributed by atoms with E-state index in [1.54, 1.807) is 5.92 Å². The molecule has 9 heteroatoms. The zero-order valence-corrected chi connectivity index (χ0v) is 10.8. The number of amides is 1. The van der Waals surface area contributed by atoms with Crippen LogP contribution in [0.4, 0.5) is 22.0 Å². The predicted octanol–water partition coefficient (Wildman–Crippen LogP) is 1.55. The van der Waals surface area contributed by atoms with Gasteiger partial charge in [-0.1, -0.05) is 5.92 Å². The Bertz CT molecular complexity index is 626. The summed E-state index contributed by atoms with van der Waals surface area (Å²) >= 11 is 0. The number of rotatable bonds is 2. The highest BCUT2D eigenvalue weighted by atomic mass is 19.4. The van der Waals surface area contributed by atoms with Gasteiger partial charge in [-0.15, -0.1) is 6.42 Å². The first-order chi connectivity index (χ1) is 9.62. The number of terminal acetylenes is 1. The summed E-state index contributed by atoms with van der Waals surface area (Å²) in [6, 6.07) is 0. The van der Waals surface area contributed by atoms with Crippen LogP contribution in [0, 0.1) is 18.3 Å². The van der Waals surface area contributed by atoms with Crippen molar-refractivity contribution < 1.29 is 26.7 Å². The Morgan fingerprint density at radius 2 is 2.19 bits per heavy atom. The standard InChI is InChI=1S/C12H10F5N3O/c1-3-6-4-7-9(12(15,16)17)19-20(5-8(21)18-2)10(7)11(6,13)14/h1,6H,4-5H2,2H3,(H,18,21)/t6-/m1/s1. The topological polar surface area (TPSA) is 46.9 Å². The summed E-state index contributed by atoms with van der Waals surface area (Å²) in [7, 11) is 1.24. The van der Waals surface area contributed by atoms with Crippen molar-refractivity contribution in [1.29, 1.82) is 0 Å². The fourth-order valence-electron chi connectivity index (χ4n) is 2.28. The third-order valence-corrected chi connectivity index (χ3v) is 3.25. The highest BCUT2D eigenvalue weighted by Gasteiger charge is 2.55. The van der Waals surface area contributed by atoms with Crippen LogP contribution in [0.1, 0.15) is 17.0 Å². The monoisotopic (exact) mass is 307 g/mol. The molecule has 1 aliphatic rings. The number of fused-ring (bicyclic) bond motifs is 1. The molecule has 0 aromatic carbocycles. The summed E-state index contributed by atoms with van der Waals surface area (Å²) < 4.78 is 67.3. The maximum absolute atomic E-state index is 14.1. The summed E-state index contributed by atoms with van der Waals surface area (Å²) in [6.07, 6.45) is -0.550. The molecule has 1 N–H and O–H groups in total. The van der Waals surface area contributed by atoms with E-state index in [0.29, 0.717) is 4.68 Å². The zero-order valence-electron chi connectivity index (χ0n) is 10.8. The van der Waals surface area contributed by atoms with E-state index in [-0.39, 0.29) is 0 Å². The largest absolute Gasteiger partial charge is 0.435 e. The minimum absolute atomic E-state index is 0.383. The van der Waals surface area contributed by atoms with Crippen LogP contribution in [0.3, 0.4) is 0 Å². The number of alkyl halides is 5. The summed E-state index contributed by atoms with van der Waals surface area (Å²) in [5, 5.41) is 5.28. The van der Waals surface area contributed by atoms with Crippen LogP contribution in [0.5, 0.6) is 0 Å². The first-order valence-electron chi connectivity index (χ1n) is 5.84. The number of hydrogen-bond acceptors (Lipinski definition) is 2. The Morgan fingerprint density at radius 3 is 2.67 bits per heavy atom. The fourth-order valence-corrected chi connectivity index (χ4v) is 2.28. The third-order valence-electron chi connectivity index (χ3n) is 3.25. The lowest BCUT2D eigenvalue weighted by Gasteiger charge is -2.17. The molecule has 1 heterocycles. The maximum Gasteiger partial charge on any atom is 0.435 e. The van der Waals surface area contributed by atoms with Crippen molar-refractivity contribution in [2.45, 2.75) is 25.1 Å². The highest BCUT2D eigenvalue weighted by molar-refractivity contribution is 5.75. The van der Waals surface area contributed by atoms with Gasteiger partial charge in [0.25, 0.3) is 0 Å². The molecule has 1 amide bonds. The Hall–Kier alpha value is -2.11. The number of nitrogens with one attached hydrogen (secondary N) is 1. The lowest BCUT2D eigenvalue weighted by Crippen LogP contribution is -2.29. The van der Waals surface area contributed by atoms with E-state index in [1.807, 2.05) is 0 Å². The van der Waals surface area contributed by atoms with Crippen LogP contribution in [0.2, 0.25) is 0 Å². The molecule has 0 saturated heterocycles. The van der Waals surface area contributed by atoms with Crippen molar-refractivity contribution in [3.05, 3.63) is 17.0 Å². The molecule has 0 aliphatic heterocycles. The molecule has 0 saturated carbocycles. The Labute approximate surface area is 116 Å². The van der Waals surface area contributed by atoms with E-state index in [0.717, 1.165) is 0 Å². The van der Waals surface area contributed by atoms with Crippen molar-refractivity contribution >= 4 is 5.91 Å². The lowest BCUT2D eigenvalue weighted by atomic mass is 10.0. The minimum atomic E-state index is -4.89. The maximum atomic E-state index is 14.1. The predicted molar refractivity (Wildman–Crippen MR) is 61.2 cm³/mol. The van der Waals surface area contributed by atoms with Gasteiger partial charge in [0.1, 0.15) is 12.2 Å². The Kier molecular flexibility index (Phi) is 3.43. The molecule has 1 atom stereocenters. The molecule has 1 aromatic rings. The summed E-state index contributed by atoms with van der Waals surface area (Å²) in [4.78, 5) is 11.3. The van der Waals surface area contributed by atoms with Gasteiger partial charge in [0, 0.05) is 12.6 Å². The second-order valence-corrected chi connectivity index (χ2v) is 4.55. The number of aromatic nitrogens is 2. The highest BCUT2D eigenvalue weighted by Crippen LogP contribution is 2.49. The molecule has 21 heavy (non-hydrogen) atoms. The molecule has 2 rings (SSSR count). The van der Waals surface area contributed by atoms with E-state index in [1.165, 1.54) is 7.05 Å². The Morgan fingerprint density at radius 1 is 1.57 bits per heavy atom. The number of carbonyl (C=O) groups is 1. The first kappa shape index (κ1) is 15.3. The van der Waals surface area contributed by atoms with Crippen LogP contribution in [-0.4, -0.2) is 22.7 Å². The molecule has 0 spiro atoms. The number of likely N-dealkylation sites (N-methyl/N-ethyl adjacent to an activating group) is 1. The molecule has 114 valence electrons. The quantitative estimate of drug-likeness (QED) is 0.665. The average molecular weight is 307 g/mol. The van der Waals surface area contributed by atoms with Crippen molar-refractivity contribution in [2.75, 3.05) is 7.05 Å². The van der Waals surface area contributed by atoms with Gasteiger partial charge in [-0.05, 0) is 6.42 Å². The van der Waals surface area contributed by atoms with Crippen molar-refractivity contribution in [3.8, 4) is 12.3 Å². The molecule has 0 bridgehead atoms. The van der Waals surface area contributed by atoms with Crippen LogP contribution in [0.25, 0.3) is 0 Å². The molecule has 0 fully saturated rings. The molecule has 1 aromatic heterocycles. The van der Waals surface area contributed by atoms with Gasteiger partial charge in [0.2, 0.25) is 5.91 Å². The van der Waals surface area contributed by atoms with E-state index in [9.17, 15) is 26.7 Å². The third kappa shape index (κ3) is 2.34. The summed E-state index contributed by atoms with van der Waals surface area (Å²) in [5.41, 5.74) is -2.99. The van der Waals surface area contributed by atoms with Crippen LogP contribution < -0.4 is 5.32 Å². The van der Waals surface area contributed by atoms with E-state index >= 15 is 0 Å². The minimum Gasteiger partial charge on any atom is -0.358 e. The number of carbonyl (C=O) groups excluding carboxylic acids is 1. The lowest BCUT2D eigenvalue weighted by molar-refractivity contribution is -0.142. The van der Waals surface area contributed by atoms with Crippen LogP contribution >= 0.6 is 0 Å².